The van der Waals surface area contributed by atoms with E-state index in [4.69, 9.17) is 0 Å². The van der Waals surface area contributed by atoms with E-state index in [0.717, 1.165) is 11.1 Å². The second-order valence-electron chi connectivity index (χ2n) is 4.81. The average Bonchev–Trinajstić information content (AvgIpc) is 3.03. The van der Waals surface area contributed by atoms with Crippen LogP contribution in [0.25, 0.3) is 0 Å². The Morgan fingerprint density at radius 1 is 1.33 bits per heavy atom. The predicted octanol–water partition coefficient (Wildman–Crippen LogP) is 3.53. The molecule has 1 heteroatoms. The summed E-state index contributed by atoms with van der Waals surface area (Å²) in [5, 5.41) is 0. The second kappa shape index (κ2) is 3.80. The van der Waals surface area contributed by atoms with Gasteiger partial charge < -0.3 is 0 Å². The first-order valence-corrected chi connectivity index (χ1v) is 5.71. The van der Waals surface area contributed by atoms with Crippen LogP contribution in [0.2, 0.25) is 0 Å². The standard InChI is InChI=1S/C14H18O/c1-9-4-5-10(2)13(8-9)14(15)11(3)12-6-7-12/h4-5,8,11-12H,6-7H2,1-3H3. The molecule has 80 valence electrons. The highest BCUT2D eigenvalue weighted by Crippen LogP contribution is 2.38. The summed E-state index contributed by atoms with van der Waals surface area (Å²) in [5.74, 6) is 1.20. The number of ketones is 1. The van der Waals surface area contributed by atoms with E-state index in [-0.39, 0.29) is 5.92 Å². The van der Waals surface area contributed by atoms with Crippen molar-refractivity contribution in [2.24, 2.45) is 11.8 Å². The number of hydrogen-bond donors (Lipinski definition) is 0. The first-order valence-electron chi connectivity index (χ1n) is 5.71. The molecule has 1 aromatic rings. The molecule has 0 heterocycles. The van der Waals surface area contributed by atoms with Crippen molar-refractivity contribution in [2.45, 2.75) is 33.6 Å². The highest BCUT2D eigenvalue weighted by molar-refractivity contribution is 5.99. The summed E-state index contributed by atoms with van der Waals surface area (Å²) in [6.07, 6.45) is 2.47. The van der Waals surface area contributed by atoms with Crippen LogP contribution >= 0.6 is 0 Å². The highest BCUT2D eigenvalue weighted by atomic mass is 16.1. The molecule has 0 N–H and O–H groups in total. The van der Waals surface area contributed by atoms with Gasteiger partial charge in [-0.05, 0) is 44.2 Å². The van der Waals surface area contributed by atoms with Gasteiger partial charge in [-0.2, -0.15) is 0 Å². The fraction of sp³-hybridized carbons (Fsp3) is 0.500. The van der Waals surface area contributed by atoms with Crippen molar-refractivity contribution in [3.8, 4) is 0 Å². The molecule has 0 aromatic heterocycles. The van der Waals surface area contributed by atoms with E-state index >= 15 is 0 Å². The van der Waals surface area contributed by atoms with Crippen LogP contribution in [-0.4, -0.2) is 5.78 Å². The van der Waals surface area contributed by atoms with Crippen LogP contribution in [0, 0.1) is 25.7 Å². The Labute approximate surface area is 91.5 Å². The molecule has 1 aromatic carbocycles. The van der Waals surface area contributed by atoms with Crippen molar-refractivity contribution >= 4 is 5.78 Å². The molecule has 1 aliphatic rings. The third-order valence-corrected chi connectivity index (χ3v) is 3.40. The fourth-order valence-electron chi connectivity index (χ4n) is 2.06. The van der Waals surface area contributed by atoms with E-state index in [1.165, 1.54) is 18.4 Å². The molecule has 0 saturated heterocycles. The van der Waals surface area contributed by atoms with Crippen molar-refractivity contribution in [1.29, 1.82) is 0 Å². The molecule has 1 saturated carbocycles. The van der Waals surface area contributed by atoms with Gasteiger partial charge in [0.1, 0.15) is 0 Å². The molecule has 1 unspecified atom stereocenters. The lowest BCUT2D eigenvalue weighted by molar-refractivity contribution is 0.0915. The topological polar surface area (TPSA) is 17.1 Å². The molecule has 1 fully saturated rings. The van der Waals surface area contributed by atoms with Gasteiger partial charge in [0.25, 0.3) is 0 Å². The van der Waals surface area contributed by atoms with Crippen molar-refractivity contribution in [3.63, 3.8) is 0 Å². The van der Waals surface area contributed by atoms with Crippen LogP contribution < -0.4 is 0 Å². The molecule has 1 aliphatic carbocycles. The summed E-state index contributed by atoms with van der Waals surface area (Å²) in [4.78, 5) is 12.2. The van der Waals surface area contributed by atoms with Gasteiger partial charge in [-0.25, -0.2) is 0 Å². The maximum atomic E-state index is 12.2. The van der Waals surface area contributed by atoms with Gasteiger partial charge in [-0.3, -0.25) is 4.79 Å². The zero-order valence-corrected chi connectivity index (χ0v) is 9.71. The molecule has 0 radical (unpaired) electrons. The SMILES string of the molecule is Cc1ccc(C)c(C(=O)C(C)C2CC2)c1. The normalized spacial score (nSPS) is 17.5. The summed E-state index contributed by atoms with van der Waals surface area (Å²) >= 11 is 0. The third kappa shape index (κ3) is 2.11. The molecular weight excluding hydrogens is 184 g/mol. The van der Waals surface area contributed by atoms with Crippen molar-refractivity contribution in [2.75, 3.05) is 0 Å². The van der Waals surface area contributed by atoms with Crippen LogP contribution in [0.3, 0.4) is 0 Å². The zero-order chi connectivity index (χ0) is 11.0. The van der Waals surface area contributed by atoms with E-state index in [1.54, 1.807) is 0 Å². The number of benzene rings is 1. The van der Waals surface area contributed by atoms with Crippen LogP contribution in [0.4, 0.5) is 0 Å². The quantitative estimate of drug-likeness (QED) is 0.685. The lowest BCUT2D eigenvalue weighted by atomic mass is 9.91. The predicted molar refractivity (Wildman–Crippen MR) is 62.1 cm³/mol. The molecule has 0 aliphatic heterocycles. The average molecular weight is 202 g/mol. The fourth-order valence-corrected chi connectivity index (χ4v) is 2.06. The van der Waals surface area contributed by atoms with E-state index in [9.17, 15) is 4.79 Å². The van der Waals surface area contributed by atoms with Gasteiger partial charge in [0.15, 0.2) is 5.78 Å². The Morgan fingerprint density at radius 3 is 2.60 bits per heavy atom. The molecule has 15 heavy (non-hydrogen) atoms. The minimum Gasteiger partial charge on any atom is -0.294 e. The van der Waals surface area contributed by atoms with E-state index in [2.05, 4.69) is 13.0 Å². The van der Waals surface area contributed by atoms with Gasteiger partial charge in [-0.1, -0.05) is 24.6 Å². The van der Waals surface area contributed by atoms with Crippen LogP contribution in [-0.2, 0) is 0 Å². The van der Waals surface area contributed by atoms with Crippen molar-refractivity contribution in [1.82, 2.24) is 0 Å². The molecule has 1 nitrogen and oxygen atoms in total. The third-order valence-electron chi connectivity index (χ3n) is 3.40. The number of hydrogen-bond acceptors (Lipinski definition) is 1. The summed E-state index contributed by atoms with van der Waals surface area (Å²) in [6, 6.07) is 6.13. The largest absolute Gasteiger partial charge is 0.294 e. The Kier molecular flexibility index (Phi) is 2.64. The number of rotatable bonds is 3. The maximum absolute atomic E-state index is 12.2. The smallest absolute Gasteiger partial charge is 0.166 e. The summed E-state index contributed by atoms with van der Waals surface area (Å²) in [5.41, 5.74) is 3.21. The van der Waals surface area contributed by atoms with Crippen LogP contribution in [0.5, 0.6) is 0 Å². The van der Waals surface area contributed by atoms with Crippen LogP contribution in [0.1, 0.15) is 41.3 Å². The van der Waals surface area contributed by atoms with Crippen molar-refractivity contribution in [3.05, 3.63) is 34.9 Å². The molecule has 0 bridgehead atoms. The van der Waals surface area contributed by atoms with Gasteiger partial charge in [0, 0.05) is 11.5 Å². The second-order valence-corrected chi connectivity index (χ2v) is 4.81. The highest BCUT2D eigenvalue weighted by Gasteiger charge is 2.33. The number of carbonyl (C=O) groups is 1. The first-order chi connectivity index (χ1) is 7.09. The number of Topliss-reactive ketones (excluding diaryl/α,β-unsaturated/α-hetero) is 1. The van der Waals surface area contributed by atoms with E-state index in [0.29, 0.717) is 11.7 Å². The van der Waals surface area contributed by atoms with Crippen molar-refractivity contribution < 1.29 is 4.79 Å². The minimum absolute atomic E-state index is 0.213. The zero-order valence-electron chi connectivity index (χ0n) is 9.71. The lowest BCUT2D eigenvalue weighted by Crippen LogP contribution is -2.14. The maximum Gasteiger partial charge on any atom is 0.166 e. The van der Waals surface area contributed by atoms with Gasteiger partial charge in [-0.15, -0.1) is 0 Å². The Morgan fingerprint density at radius 2 is 2.00 bits per heavy atom. The molecule has 2 rings (SSSR count). The lowest BCUT2D eigenvalue weighted by Gasteiger charge is -2.11. The monoisotopic (exact) mass is 202 g/mol. The first kappa shape index (κ1) is 10.4. The summed E-state index contributed by atoms with van der Waals surface area (Å²) in [7, 11) is 0. The van der Waals surface area contributed by atoms with Gasteiger partial charge >= 0.3 is 0 Å². The molecule has 1 atom stereocenters. The summed E-state index contributed by atoms with van der Waals surface area (Å²) < 4.78 is 0. The Hall–Kier alpha value is -1.11. The molecular formula is C14H18O. The number of carbonyl (C=O) groups excluding carboxylic acids is 1. The van der Waals surface area contributed by atoms with E-state index < -0.39 is 0 Å². The number of aryl methyl sites for hydroxylation is 2. The van der Waals surface area contributed by atoms with Gasteiger partial charge in [0.2, 0.25) is 0 Å². The summed E-state index contributed by atoms with van der Waals surface area (Å²) in [6.45, 7) is 6.13. The van der Waals surface area contributed by atoms with Gasteiger partial charge in [0.05, 0.1) is 0 Å². The Balaban J connectivity index is 2.27. The molecule has 0 spiro atoms. The Bertz CT molecular complexity index is 388. The van der Waals surface area contributed by atoms with Crippen LogP contribution in [0.15, 0.2) is 18.2 Å². The molecule has 0 amide bonds. The van der Waals surface area contributed by atoms with E-state index in [1.807, 2.05) is 26.0 Å². The minimum atomic E-state index is 0.213.